The SMILES string of the molecule is CN(CCOC(=O)CS)S(=O)(=O)C(F)(F)C(F)(F)C(F)(F)C(F)(F)F. The van der Waals surface area contributed by atoms with Gasteiger partial charge < -0.3 is 4.74 Å². The van der Waals surface area contributed by atoms with Crippen molar-refractivity contribution < 1.29 is 57.5 Å². The van der Waals surface area contributed by atoms with Crippen LogP contribution in [0.4, 0.5) is 39.5 Å². The summed E-state index contributed by atoms with van der Waals surface area (Å²) in [5, 5.41) is -6.82. The molecule has 0 aliphatic carbocycles. The van der Waals surface area contributed by atoms with E-state index in [1.165, 1.54) is 0 Å². The van der Waals surface area contributed by atoms with Gasteiger partial charge in [0.05, 0.1) is 5.75 Å². The zero-order valence-corrected chi connectivity index (χ0v) is 13.7. The Morgan fingerprint density at radius 1 is 1.00 bits per heavy atom. The normalized spacial score (nSPS) is 14.7. The van der Waals surface area contributed by atoms with Crippen LogP contribution < -0.4 is 0 Å². The zero-order valence-electron chi connectivity index (χ0n) is 12.0. The average Bonchev–Trinajstić information content (AvgIpc) is 2.44. The Morgan fingerprint density at radius 2 is 1.44 bits per heavy atom. The number of ether oxygens (including phenoxy) is 1. The van der Waals surface area contributed by atoms with Crippen LogP contribution in [0.1, 0.15) is 0 Å². The Labute approximate surface area is 140 Å². The Morgan fingerprint density at radius 3 is 1.80 bits per heavy atom. The lowest BCUT2D eigenvalue weighted by molar-refractivity contribution is -0.382. The molecule has 16 heteroatoms. The number of carbonyl (C=O) groups excluding carboxylic acids is 1. The number of alkyl halides is 9. The van der Waals surface area contributed by atoms with E-state index in [1.54, 1.807) is 0 Å². The van der Waals surface area contributed by atoms with E-state index in [9.17, 15) is 52.7 Å². The van der Waals surface area contributed by atoms with Crippen LogP contribution in [0, 0.1) is 0 Å². The molecule has 0 spiro atoms. The van der Waals surface area contributed by atoms with E-state index in [0.29, 0.717) is 0 Å². The van der Waals surface area contributed by atoms with Crippen molar-refractivity contribution in [2.75, 3.05) is 26.0 Å². The highest BCUT2D eigenvalue weighted by Gasteiger charge is 2.85. The summed E-state index contributed by atoms with van der Waals surface area (Å²) in [7, 11) is -6.49. The average molecular weight is 431 g/mol. The predicted molar refractivity (Wildman–Crippen MR) is 67.3 cm³/mol. The van der Waals surface area contributed by atoms with Gasteiger partial charge in [0.2, 0.25) is 0 Å². The van der Waals surface area contributed by atoms with Crippen molar-refractivity contribution in [1.29, 1.82) is 0 Å². The van der Waals surface area contributed by atoms with Crippen LogP contribution in [0.2, 0.25) is 0 Å². The van der Waals surface area contributed by atoms with Crippen LogP contribution >= 0.6 is 12.6 Å². The van der Waals surface area contributed by atoms with Crippen molar-refractivity contribution in [2.45, 2.75) is 23.3 Å². The summed E-state index contributed by atoms with van der Waals surface area (Å²) in [6.45, 7) is -2.18. The maximum Gasteiger partial charge on any atom is 0.460 e. The number of likely N-dealkylation sites (N-methyl/N-ethyl adjacent to an activating group) is 1. The minimum Gasteiger partial charge on any atom is -0.464 e. The summed E-state index contributed by atoms with van der Waals surface area (Å²) in [5.41, 5.74) is 0. The quantitative estimate of drug-likeness (QED) is 0.364. The fourth-order valence-electron chi connectivity index (χ4n) is 1.17. The standard InChI is InChI=1S/C9H10F9NO4S2/c1-19(2-3-23-5(20)4-24)25(21,22)9(17,18)7(12,13)6(10,11)8(14,15)16/h24H,2-4H2,1H3. The Kier molecular flexibility index (Phi) is 7.11. The van der Waals surface area contributed by atoms with E-state index in [4.69, 9.17) is 0 Å². The Balaban J connectivity index is 5.63. The van der Waals surface area contributed by atoms with Crippen LogP contribution in [-0.2, 0) is 19.6 Å². The molecule has 0 aliphatic rings. The van der Waals surface area contributed by atoms with E-state index >= 15 is 0 Å². The molecule has 0 aromatic heterocycles. The lowest BCUT2D eigenvalue weighted by Crippen LogP contribution is -2.65. The number of nitrogens with zero attached hydrogens (tertiary/aromatic N) is 1. The van der Waals surface area contributed by atoms with Crippen LogP contribution in [0.3, 0.4) is 0 Å². The fourth-order valence-corrected chi connectivity index (χ4v) is 2.42. The van der Waals surface area contributed by atoms with Crippen molar-refractivity contribution in [3.63, 3.8) is 0 Å². The van der Waals surface area contributed by atoms with Gasteiger partial charge in [-0.1, -0.05) is 0 Å². The Hall–Kier alpha value is -0.900. The van der Waals surface area contributed by atoms with E-state index in [2.05, 4.69) is 17.4 Å². The number of hydrogen-bond acceptors (Lipinski definition) is 5. The molecule has 0 unspecified atom stereocenters. The fraction of sp³-hybridized carbons (Fsp3) is 0.889. The topological polar surface area (TPSA) is 63.7 Å². The maximum atomic E-state index is 13.4. The lowest BCUT2D eigenvalue weighted by Gasteiger charge is -2.34. The van der Waals surface area contributed by atoms with Gasteiger partial charge in [0.1, 0.15) is 6.61 Å². The second-order valence-electron chi connectivity index (χ2n) is 4.37. The predicted octanol–water partition coefficient (Wildman–Crippen LogP) is 2.15. The molecule has 25 heavy (non-hydrogen) atoms. The molecule has 150 valence electrons. The van der Waals surface area contributed by atoms with Gasteiger partial charge in [0.15, 0.2) is 0 Å². The third-order valence-electron chi connectivity index (χ3n) is 2.65. The number of sulfonamides is 1. The van der Waals surface area contributed by atoms with Gasteiger partial charge in [-0.2, -0.15) is 56.4 Å². The van der Waals surface area contributed by atoms with Crippen molar-refractivity contribution in [3.8, 4) is 0 Å². The molecule has 0 rings (SSSR count). The first-order valence-corrected chi connectivity index (χ1v) is 7.87. The molecule has 0 amide bonds. The first-order chi connectivity index (χ1) is 10.9. The number of esters is 1. The molecule has 0 bridgehead atoms. The number of rotatable bonds is 8. The highest BCUT2D eigenvalue weighted by Crippen LogP contribution is 2.55. The largest absolute Gasteiger partial charge is 0.464 e. The van der Waals surface area contributed by atoms with E-state index in [1.807, 2.05) is 0 Å². The molecular formula is C9H10F9NO4S2. The first kappa shape index (κ1) is 24.1. The van der Waals surface area contributed by atoms with Gasteiger partial charge in [-0.05, 0) is 0 Å². The van der Waals surface area contributed by atoms with Gasteiger partial charge >= 0.3 is 29.2 Å². The third-order valence-corrected chi connectivity index (χ3v) is 4.81. The molecule has 0 aliphatic heterocycles. The van der Waals surface area contributed by atoms with Crippen LogP contribution in [-0.4, -0.2) is 67.9 Å². The van der Waals surface area contributed by atoms with Gasteiger partial charge in [0.25, 0.3) is 10.0 Å². The number of carbonyl (C=O) groups is 1. The van der Waals surface area contributed by atoms with E-state index in [-0.39, 0.29) is 7.05 Å². The highest BCUT2D eigenvalue weighted by atomic mass is 32.2. The summed E-state index contributed by atoms with van der Waals surface area (Å²) in [4.78, 5) is 10.7. The molecule has 0 saturated carbocycles. The molecule has 0 fully saturated rings. The lowest BCUT2D eigenvalue weighted by atomic mass is 10.1. The van der Waals surface area contributed by atoms with Gasteiger partial charge in [-0.15, -0.1) is 0 Å². The zero-order chi connectivity index (χ0) is 20.5. The monoisotopic (exact) mass is 431 g/mol. The van der Waals surface area contributed by atoms with Gasteiger partial charge in [-0.3, -0.25) is 4.79 Å². The molecule has 0 aromatic carbocycles. The van der Waals surface area contributed by atoms with Gasteiger partial charge in [0, 0.05) is 13.6 Å². The summed E-state index contributed by atoms with van der Waals surface area (Å²) >= 11 is 3.42. The maximum absolute atomic E-state index is 13.4. The van der Waals surface area contributed by atoms with Crippen LogP contribution in [0.5, 0.6) is 0 Å². The van der Waals surface area contributed by atoms with Crippen LogP contribution in [0.15, 0.2) is 0 Å². The van der Waals surface area contributed by atoms with Crippen LogP contribution in [0.25, 0.3) is 0 Å². The summed E-state index contributed by atoms with van der Waals surface area (Å²) < 4.78 is 141. The minimum atomic E-state index is -7.34. The molecule has 0 saturated heterocycles. The number of thiol groups is 1. The van der Waals surface area contributed by atoms with E-state index < -0.39 is 62.5 Å². The molecule has 0 N–H and O–H groups in total. The molecule has 0 heterocycles. The molecule has 0 atom stereocenters. The first-order valence-electron chi connectivity index (χ1n) is 5.80. The van der Waals surface area contributed by atoms with Gasteiger partial charge in [-0.25, -0.2) is 8.42 Å². The Bertz CT molecular complexity index is 590. The van der Waals surface area contributed by atoms with Crippen molar-refractivity contribution >= 4 is 28.6 Å². The molecule has 0 aromatic rings. The second kappa shape index (κ2) is 7.38. The molecule has 0 radical (unpaired) electrons. The summed E-state index contributed by atoms with van der Waals surface area (Å²) in [5.74, 6) is -16.2. The third kappa shape index (κ3) is 4.27. The van der Waals surface area contributed by atoms with Crippen molar-refractivity contribution in [1.82, 2.24) is 4.31 Å². The van der Waals surface area contributed by atoms with Crippen molar-refractivity contribution in [3.05, 3.63) is 0 Å². The molecule has 5 nitrogen and oxygen atoms in total. The van der Waals surface area contributed by atoms with E-state index in [0.717, 1.165) is 0 Å². The second-order valence-corrected chi connectivity index (χ2v) is 6.77. The smallest absolute Gasteiger partial charge is 0.460 e. The number of halogens is 9. The summed E-state index contributed by atoms with van der Waals surface area (Å²) in [6.07, 6.45) is -7.14. The molecular weight excluding hydrogens is 421 g/mol. The number of hydrogen-bond donors (Lipinski definition) is 1. The highest BCUT2D eigenvalue weighted by molar-refractivity contribution is 7.90. The van der Waals surface area contributed by atoms with Crippen molar-refractivity contribution in [2.24, 2.45) is 0 Å². The minimum absolute atomic E-state index is 0.194. The summed E-state index contributed by atoms with van der Waals surface area (Å²) in [6, 6.07) is 0.